The van der Waals surface area contributed by atoms with Gasteiger partial charge in [-0.05, 0) is 60.7 Å². The molecule has 0 radical (unpaired) electrons. The van der Waals surface area contributed by atoms with Gasteiger partial charge in [-0.15, -0.1) is 0 Å². The average Bonchev–Trinajstić information content (AvgIpc) is 2.70. The van der Waals surface area contributed by atoms with Gasteiger partial charge in [-0.25, -0.2) is 4.39 Å². The van der Waals surface area contributed by atoms with Crippen molar-refractivity contribution in [2.24, 2.45) is 0 Å². The lowest BCUT2D eigenvalue weighted by atomic mass is 10.2. The van der Waals surface area contributed by atoms with E-state index in [0.717, 1.165) is 5.69 Å². The van der Waals surface area contributed by atoms with Crippen LogP contribution in [0.15, 0.2) is 66.9 Å². The number of hydrogen-bond acceptors (Lipinski definition) is 4. The van der Waals surface area contributed by atoms with Crippen molar-refractivity contribution < 1.29 is 14.0 Å². The van der Waals surface area contributed by atoms with Gasteiger partial charge in [0.15, 0.2) is 0 Å². The number of aromatic nitrogens is 1. The minimum atomic E-state index is -0.489. The van der Waals surface area contributed by atoms with E-state index in [-0.39, 0.29) is 11.6 Å². The molecule has 2 amide bonds. The monoisotopic (exact) mass is 378 g/mol. The molecule has 6 nitrogen and oxygen atoms in total. The largest absolute Gasteiger partial charge is 0.378 e. The summed E-state index contributed by atoms with van der Waals surface area (Å²) in [5.41, 5.74) is 2.48. The summed E-state index contributed by atoms with van der Waals surface area (Å²) in [5, 5.41) is 5.40. The van der Waals surface area contributed by atoms with Crippen molar-refractivity contribution in [2.45, 2.75) is 0 Å². The van der Waals surface area contributed by atoms with Crippen molar-refractivity contribution in [3.05, 3.63) is 83.9 Å². The number of benzene rings is 2. The fourth-order valence-corrected chi connectivity index (χ4v) is 2.47. The molecule has 3 rings (SSSR count). The molecule has 2 N–H and O–H groups in total. The number of amides is 2. The number of hydrogen-bond donors (Lipinski definition) is 2. The van der Waals surface area contributed by atoms with Crippen LogP contribution in [0, 0.1) is 5.82 Å². The maximum absolute atomic E-state index is 13.0. The van der Waals surface area contributed by atoms with E-state index < -0.39 is 11.7 Å². The van der Waals surface area contributed by atoms with Gasteiger partial charge < -0.3 is 15.5 Å². The van der Waals surface area contributed by atoms with Gasteiger partial charge in [0.25, 0.3) is 11.8 Å². The number of nitrogens with zero attached hydrogens (tertiary/aromatic N) is 2. The molecule has 1 aromatic heterocycles. The summed E-state index contributed by atoms with van der Waals surface area (Å²) in [7, 11) is 3.87. The lowest BCUT2D eigenvalue weighted by Gasteiger charge is -2.13. The molecule has 0 unspecified atom stereocenters. The molecule has 3 aromatic rings. The molecule has 0 aliphatic rings. The normalized spacial score (nSPS) is 10.2. The predicted octanol–water partition coefficient (Wildman–Crippen LogP) is 3.79. The Kier molecular flexibility index (Phi) is 5.64. The lowest BCUT2D eigenvalue weighted by molar-refractivity contribution is 0.102. The topological polar surface area (TPSA) is 74.3 Å². The van der Waals surface area contributed by atoms with Gasteiger partial charge in [0.1, 0.15) is 11.5 Å². The predicted molar refractivity (Wildman–Crippen MR) is 107 cm³/mol. The van der Waals surface area contributed by atoms with Crippen LogP contribution >= 0.6 is 0 Å². The number of rotatable bonds is 5. The first kappa shape index (κ1) is 19.0. The van der Waals surface area contributed by atoms with Crippen LogP contribution in [-0.2, 0) is 0 Å². The third-order valence-corrected chi connectivity index (χ3v) is 4.00. The van der Waals surface area contributed by atoms with Crippen LogP contribution in [0.5, 0.6) is 0 Å². The first-order chi connectivity index (χ1) is 13.4. The second-order valence-corrected chi connectivity index (χ2v) is 6.29. The summed E-state index contributed by atoms with van der Waals surface area (Å²) in [6, 6.07) is 15.7. The fourth-order valence-electron chi connectivity index (χ4n) is 2.47. The smallest absolute Gasteiger partial charge is 0.274 e. The van der Waals surface area contributed by atoms with E-state index >= 15 is 0 Å². The van der Waals surface area contributed by atoms with Crippen LogP contribution in [0.25, 0.3) is 0 Å². The molecule has 0 atom stereocenters. The average molecular weight is 378 g/mol. The highest BCUT2D eigenvalue weighted by Crippen LogP contribution is 2.17. The molecule has 0 bridgehead atoms. The van der Waals surface area contributed by atoms with Crippen molar-refractivity contribution in [3.8, 4) is 0 Å². The summed E-state index contributed by atoms with van der Waals surface area (Å²) in [6.45, 7) is 0. The highest BCUT2D eigenvalue weighted by atomic mass is 19.1. The van der Waals surface area contributed by atoms with Crippen molar-refractivity contribution >= 4 is 28.9 Å². The van der Waals surface area contributed by atoms with Gasteiger partial charge in [0.05, 0.1) is 0 Å². The number of pyridine rings is 1. The number of halogens is 1. The Morgan fingerprint density at radius 2 is 1.43 bits per heavy atom. The maximum atomic E-state index is 13.0. The number of anilines is 3. The summed E-state index contributed by atoms with van der Waals surface area (Å²) in [4.78, 5) is 30.8. The summed E-state index contributed by atoms with van der Waals surface area (Å²) < 4.78 is 13.0. The molecule has 28 heavy (non-hydrogen) atoms. The second kappa shape index (κ2) is 8.30. The Balaban J connectivity index is 1.70. The fraction of sp³-hybridized carbons (Fsp3) is 0.0952. The Hall–Kier alpha value is -3.74. The van der Waals surface area contributed by atoms with Gasteiger partial charge >= 0.3 is 0 Å². The Bertz CT molecular complexity index is 986. The van der Waals surface area contributed by atoms with Gasteiger partial charge in [-0.3, -0.25) is 14.6 Å². The van der Waals surface area contributed by atoms with E-state index in [0.29, 0.717) is 16.9 Å². The molecule has 0 fully saturated rings. The van der Waals surface area contributed by atoms with E-state index in [1.165, 1.54) is 42.6 Å². The lowest BCUT2D eigenvalue weighted by Crippen LogP contribution is -2.17. The van der Waals surface area contributed by atoms with E-state index in [4.69, 9.17) is 0 Å². The van der Waals surface area contributed by atoms with E-state index in [9.17, 15) is 14.0 Å². The number of carbonyl (C=O) groups excluding carboxylic acids is 2. The SMILES string of the molecule is CN(C)c1ccc(NC(=O)c2ccnc(C(=O)Nc3ccc(F)cc3)c2)cc1. The van der Waals surface area contributed by atoms with E-state index in [1.54, 1.807) is 12.1 Å². The van der Waals surface area contributed by atoms with Crippen molar-refractivity contribution in [1.29, 1.82) is 0 Å². The zero-order chi connectivity index (χ0) is 20.1. The zero-order valence-corrected chi connectivity index (χ0v) is 15.4. The quantitative estimate of drug-likeness (QED) is 0.708. The van der Waals surface area contributed by atoms with Gasteiger partial charge in [-0.2, -0.15) is 0 Å². The first-order valence-corrected chi connectivity index (χ1v) is 8.54. The molecule has 0 aliphatic heterocycles. The Morgan fingerprint density at radius 1 is 0.857 bits per heavy atom. The molecular formula is C21H19FN4O2. The molecule has 0 aliphatic carbocycles. The molecule has 0 saturated heterocycles. The second-order valence-electron chi connectivity index (χ2n) is 6.29. The highest BCUT2D eigenvalue weighted by Gasteiger charge is 2.13. The molecule has 1 heterocycles. The Labute approximate surface area is 162 Å². The third-order valence-electron chi connectivity index (χ3n) is 4.00. The number of carbonyl (C=O) groups is 2. The molecule has 2 aromatic carbocycles. The van der Waals surface area contributed by atoms with E-state index in [2.05, 4.69) is 15.6 Å². The summed E-state index contributed by atoms with van der Waals surface area (Å²) in [5.74, 6) is -1.24. The molecular weight excluding hydrogens is 359 g/mol. The van der Waals surface area contributed by atoms with Crippen molar-refractivity contribution in [3.63, 3.8) is 0 Å². The summed E-state index contributed by atoms with van der Waals surface area (Å²) >= 11 is 0. The summed E-state index contributed by atoms with van der Waals surface area (Å²) in [6.07, 6.45) is 1.39. The van der Waals surface area contributed by atoms with E-state index in [1.807, 2.05) is 31.1 Å². The van der Waals surface area contributed by atoms with Crippen LogP contribution < -0.4 is 15.5 Å². The minimum Gasteiger partial charge on any atom is -0.378 e. The van der Waals surface area contributed by atoms with Crippen LogP contribution in [0.1, 0.15) is 20.8 Å². The Morgan fingerprint density at radius 3 is 2.04 bits per heavy atom. The number of nitrogens with one attached hydrogen (secondary N) is 2. The van der Waals surface area contributed by atoms with Crippen LogP contribution in [0.2, 0.25) is 0 Å². The van der Waals surface area contributed by atoms with Gasteiger partial charge in [-0.1, -0.05) is 0 Å². The minimum absolute atomic E-state index is 0.0833. The van der Waals surface area contributed by atoms with Crippen LogP contribution in [-0.4, -0.2) is 30.9 Å². The zero-order valence-electron chi connectivity index (χ0n) is 15.4. The molecule has 142 valence electrons. The van der Waals surface area contributed by atoms with Crippen molar-refractivity contribution in [1.82, 2.24) is 4.98 Å². The van der Waals surface area contributed by atoms with Crippen LogP contribution in [0.4, 0.5) is 21.5 Å². The van der Waals surface area contributed by atoms with Gasteiger partial charge in [0.2, 0.25) is 0 Å². The highest BCUT2D eigenvalue weighted by molar-refractivity contribution is 6.07. The molecule has 0 spiro atoms. The van der Waals surface area contributed by atoms with Crippen molar-refractivity contribution in [2.75, 3.05) is 29.6 Å². The molecule has 7 heteroatoms. The van der Waals surface area contributed by atoms with Gasteiger partial charge in [0, 0.05) is 42.9 Å². The third kappa shape index (κ3) is 4.70. The first-order valence-electron chi connectivity index (χ1n) is 8.54. The maximum Gasteiger partial charge on any atom is 0.274 e. The molecule has 0 saturated carbocycles. The standard InChI is InChI=1S/C21H19FN4O2/c1-26(2)18-9-7-17(8-10-18)24-20(27)14-11-12-23-19(13-14)21(28)25-16-5-3-15(22)4-6-16/h3-13H,1-2H3,(H,24,27)(H,25,28). The van der Waals surface area contributed by atoms with Crippen LogP contribution in [0.3, 0.4) is 0 Å².